The maximum Gasteiger partial charge on any atom is 0.417 e. The Bertz CT molecular complexity index is 1190. The lowest BCUT2D eigenvalue weighted by Crippen LogP contribution is -2.09. The fraction of sp³-hybridized carbons (Fsp3) is 0.158. The van der Waals surface area contributed by atoms with Crippen LogP contribution >= 0.6 is 11.6 Å². The Balaban J connectivity index is 1.89. The second-order valence-electron chi connectivity index (χ2n) is 6.28. The van der Waals surface area contributed by atoms with Gasteiger partial charge >= 0.3 is 17.8 Å². The van der Waals surface area contributed by atoms with Crippen LogP contribution in [0.2, 0.25) is 5.02 Å². The van der Waals surface area contributed by atoms with Crippen molar-refractivity contribution < 1.29 is 27.6 Å². The normalized spacial score (nSPS) is 11.1. The van der Waals surface area contributed by atoms with Crippen LogP contribution in [0, 0.1) is 10.1 Å². The minimum Gasteiger partial charge on any atom is -0.462 e. The van der Waals surface area contributed by atoms with Crippen LogP contribution in [0.3, 0.4) is 0 Å². The highest BCUT2D eigenvalue weighted by molar-refractivity contribution is 6.33. The summed E-state index contributed by atoms with van der Waals surface area (Å²) in [5.41, 5.74) is -1.04. The van der Waals surface area contributed by atoms with Gasteiger partial charge in [-0.1, -0.05) is 11.6 Å². The number of nitrogens with zero attached hydrogens (tertiary/aromatic N) is 4. The number of nitro groups is 1. The van der Waals surface area contributed by atoms with Crippen molar-refractivity contribution in [1.29, 1.82) is 0 Å². The third-order valence-corrected chi connectivity index (χ3v) is 4.36. The van der Waals surface area contributed by atoms with Gasteiger partial charge in [0.1, 0.15) is 6.33 Å². The molecule has 0 saturated heterocycles. The summed E-state index contributed by atoms with van der Waals surface area (Å²) >= 11 is 5.86. The van der Waals surface area contributed by atoms with Crippen LogP contribution in [-0.4, -0.2) is 32.5 Å². The van der Waals surface area contributed by atoms with Gasteiger partial charge in [0.25, 0.3) is 0 Å². The third kappa shape index (κ3) is 5.63. The van der Waals surface area contributed by atoms with Crippen molar-refractivity contribution >= 4 is 46.4 Å². The van der Waals surface area contributed by atoms with E-state index in [-0.39, 0.29) is 29.6 Å². The molecule has 3 aromatic rings. The van der Waals surface area contributed by atoms with Crippen molar-refractivity contribution in [3.8, 4) is 0 Å². The van der Waals surface area contributed by atoms with E-state index >= 15 is 0 Å². The summed E-state index contributed by atoms with van der Waals surface area (Å²) in [6, 6.07) is 6.52. The Hall–Kier alpha value is -4.00. The first kappa shape index (κ1) is 23.7. The lowest BCUT2D eigenvalue weighted by atomic mass is 10.2. The molecule has 0 aliphatic carbocycles. The highest BCUT2D eigenvalue weighted by Crippen LogP contribution is 2.36. The van der Waals surface area contributed by atoms with E-state index in [4.69, 9.17) is 16.3 Å². The van der Waals surface area contributed by atoms with Gasteiger partial charge in [-0.15, -0.1) is 0 Å². The number of ether oxygens (including phenoxy) is 1. The van der Waals surface area contributed by atoms with Crippen LogP contribution in [0.25, 0.3) is 0 Å². The standard InChI is InChI=1S/C19H14ClF3N6O4/c1-2-33-18(30)10-3-5-12(6-4-10)27-16-14(29(31)32)17(26-9-25-16)28-15-13(20)7-11(8-24-15)19(21,22)23/h3-9H,2H2,1H3,(H2,24,25,26,27,28). The molecule has 0 bridgehead atoms. The van der Waals surface area contributed by atoms with E-state index in [0.717, 1.165) is 6.33 Å². The van der Waals surface area contributed by atoms with Gasteiger partial charge in [-0.05, 0) is 37.3 Å². The molecular formula is C19H14ClF3N6O4. The van der Waals surface area contributed by atoms with Crippen molar-refractivity contribution in [2.75, 3.05) is 17.2 Å². The molecule has 0 aliphatic heterocycles. The number of alkyl halides is 3. The fourth-order valence-electron chi connectivity index (χ4n) is 2.57. The zero-order valence-corrected chi connectivity index (χ0v) is 17.4. The van der Waals surface area contributed by atoms with Gasteiger partial charge < -0.3 is 15.4 Å². The molecular weight excluding hydrogens is 469 g/mol. The minimum absolute atomic E-state index is 0.208. The molecule has 0 aliphatic rings. The molecule has 0 atom stereocenters. The molecule has 14 heteroatoms. The molecule has 2 N–H and O–H groups in total. The number of carbonyl (C=O) groups excluding carboxylic acids is 1. The highest BCUT2D eigenvalue weighted by atomic mass is 35.5. The topological polar surface area (TPSA) is 132 Å². The highest BCUT2D eigenvalue weighted by Gasteiger charge is 2.32. The monoisotopic (exact) mass is 482 g/mol. The smallest absolute Gasteiger partial charge is 0.417 e. The third-order valence-electron chi connectivity index (χ3n) is 4.07. The Morgan fingerprint density at radius 3 is 2.30 bits per heavy atom. The van der Waals surface area contributed by atoms with E-state index in [1.165, 1.54) is 24.3 Å². The number of anilines is 4. The molecule has 3 rings (SSSR count). The number of nitrogens with one attached hydrogen (secondary N) is 2. The molecule has 2 aromatic heterocycles. The van der Waals surface area contributed by atoms with Crippen LogP contribution in [-0.2, 0) is 10.9 Å². The Kier molecular flexibility index (Phi) is 6.92. The largest absolute Gasteiger partial charge is 0.462 e. The van der Waals surface area contributed by atoms with Crippen molar-refractivity contribution in [2.24, 2.45) is 0 Å². The van der Waals surface area contributed by atoms with Crippen LogP contribution in [0.5, 0.6) is 0 Å². The Labute approximate surface area is 188 Å². The second-order valence-corrected chi connectivity index (χ2v) is 6.68. The number of rotatable bonds is 7. The number of halogens is 4. The summed E-state index contributed by atoms with van der Waals surface area (Å²) in [6.45, 7) is 1.88. The van der Waals surface area contributed by atoms with Crippen LogP contribution in [0.4, 0.5) is 42.0 Å². The molecule has 172 valence electrons. The maximum absolute atomic E-state index is 12.8. The van der Waals surface area contributed by atoms with Crippen molar-refractivity contribution in [1.82, 2.24) is 15.0 Å². The number of carbonyl (C=O) groups is 1. The summed E-state index contributed by atoms with van der Waals surface area (Å²) < 4.78 is 43.3. The molecule has 0 spiro atoms. The molecule has 10 nitrogen and oxygen atoms in total. The minimum atomic E-state index is -4.66. The quantitative estimate of drug-likeness (QED) is 0.267. The first-order valence-electron chi connectivity index (χ1n) is 9.13. The number of benzene rings is 1. The van der Waals surface area contributed by atoms with E-state index < -0.39 is 33.3 Å². The first-order valence-corrected chi connectivity index (χ1v) is 9.51. The maximum atomic E-state index is 12.8. The predicted molar refractivity (Wildman–Crippen MR) is 112 cm³/mol. The van der Waals surface area contributed by atoms with Crippen molar-refractivity contribution in [2.45, 2.75) is 13.1 Å². The lowest BCUT2D eigenvalue weighted by Gasteiger charge is -2.12. The van der Waals surface area contributed by atoms with Crippen LogP contribution in [0.15, 0.2) is 42.9 Å². The predicted octanol–water partition coefficient (Wildman–Crippen LogP) is 5.12. The molecule has 0 unspecified atom stereocenters. The fourth-order valence-corrected chi connectivity index (χ4v) is 2.79. The Morgan fingerprint density at radius 2 is 1.76 bits per heavy atom. The summed E-state index contributed by atoms with van der Waals surface area (Å²) in [5.74, 6) is -1.36. The van der Waals surface area contributed by atoms with Gasteiger partial charge in [0.05, 0.1) is 27.7 Å². The van der Waals surface area contributed by atoms with Crippen LogP contribution < -0.4 is 10.6 Å². The van der Waals surface area contributed by atoms with Crippen LogP contribution in [0.1, 0.15) is 22.8 Å². The molecule has 0 radical (unpaired) electrons. The zero-order valence-electron chi connectivity index (χ0n) is 16.7. The van der Waals surface area contributed by atoms with Gasteiger partial charge in [-0.3, -0.25) is 10.1 Å². The van der Waals surface area contributed by atoms with Gasteiger partial charge in [0.2, 0.25) is 11.6 Å². The molecule has 0 amide bonds. The molecule has 1 aromatic carbocycles. The average Bonchev–Trinajstić information content (AvgIpc) is 2.75. The van der Waals surface area contributed by atoms with Gasteiger partial charge in [-0.25, -0.2) is 19.7 Å². The van der Waals surface area contributed by atoms with E-state index in [0.29, 0.717) is 18.0 Å². The summed E-state index contributed by atoms with van der Waals surface area (Å²) in [6.07, 6.45) is -3.12. The number of hydrogen-bond donors (Lipinski definition) is 2. The van der Waals surface area contributed by atoms with Gasteiger partial charge in [-0.2, -0.15) is 13.2 Å². The van der Waals surface area contributed by atoms with Gasteiger partial charge in [0.15, 0.2) is 5.82 Å². The number of hydrogen-bond acceptors (Lipinski definition) is 9. The molecule has 2 heterocycles. The second kappa shape index (κ2) is 9.65. The van der Waals surface area contributed by atoms with E-state index in [1.54, 1.807) is 6.92 Å². The number of aromatic nitrogens is 3. The summed E-state index contributed by atoms with van der Waals surface area (Å²) in [7, 11) is 0. The average molecular weight is 483 g/mol. The van der Waals surface area contributed by atoms with E-state index in [1.807, 2.05) is 0 Å². The van der Waals surface area contributed by atoms with Gasteiger partial charge in [0, 0.05) is 11.9 Å². The summed E-state index contributed by atoms with van der Waals surface area (Å²) in [5, 5.41) is 16.5. The summed E-state index contributed by atoms with van der Waals surface area (Å²) in [4.78, 5) is 33.9. The van der Waals surface area contributed by atoms with E-state index in [9.17, 15) is 28.1 Å². The van der Waals surface area contributed by atoms with Crippen molar-refractivity contribution in [3.05, 3.63) is 69.1 Å². The molecule has 33 heavy (non-hydrogen) atoms. The molecule has 0 fully saturated rings. The lowest BCUT2D eigenvalue weighted by molar-refractivity contribution is -0.383. The zero-order chi connectivity index (χ0) is 24.2. The molecule has 0 saturated carbocycles. The SMILES string of the molecule is CCOC(=O)c1ccc(Nc2ncnc(Nc3ncc(C(F)(F)F)cc3Cl)c2[N+](=O)[O-])cc1. The van der Waals surface area contributed by atoms with Crippen molar-refractivity contribution in [3.63, 3.8) is 0 Å². The number of pyridine rings is 1. The Morgan fingerprint density at radius 1 is 1.12 bits per heavy atom. The first-order chi connectivity index (χ1) is 15.6. The van der Waals surface area contributed by atoms with E-state index in [2.05, 4.69) is 25.6 Å². The number of esters is 1.